The third-order valence-electron chi connectivity index (χ3n) is 10.9. The highest BCUT2D eigenvalue weighted by Gasteiger charge is 2.61. The number of fused-ring (bicyclic) bond motifs is 8. The Labute approximate surface area is 213 Å². The van der Waals surface area contributed by atoms with Crippen molar-refractivity contribution in [1.82, 2.24) is 14.9 Å². The fourth-order valence-corrected chi connectivity index (χ4v) is 9.03. The normalized spacial score (nSPS) is 38.5. The van der Waals surface area contributed by atoms with Gasteiger partial charge in [0.15, 0.2) is 11.5 Å². The van der Waals surface area contributed by atoms with Gasteiger partial charge >= 0.3 is 0 Å². The van der Waals surface area contributed by atoms with Crippen LogP contribution >= 0.6 is 0 Å². The molecule has 5 aliphatic rings. The Kier molecular flexibility index (Phi) is 4.90. The van der Waals surface area contributed by atoms with Crippen LogP contribution in [-0.2, 0) is 4.79 Å². The number of ether oxygens (including phenoxy) is 2. The summed E-state index contributed by atoms with van der Waals surface area (Å²) >= 11 is 0. The predicted octanol–water partition coefficient (Wildman–Crippen LogP) is 5.92. The van der Waals surface area contributed by atoms with E-state index >= 15 is 0 Å². The molecule has 7 rings (SSSR count). The van der Waals surface area contributed by atoms with Gasteiger partial charge in [-0.2, -0.15) is 0 Å². The number of benzene rings is 1. The van der Waals surface area contributed by atoms with Crippen molar-refractivity contribution in [2.75, 3.05) is 6.79 Å². The summed E-state index contributed by atoms with van der Waals surface area (Å²) in [6.45, 7) is 7.25. The van der Waals surface area contributed by atoms with Crippen molar-refractivity contribution >= 4 is 12.0 Å². The lowest BCUT2D eigenvalue weighted by Crippen LogP contribution is -2.53. The van der Waals surface area contributed by atoms with E-state index in [0.717, 1.165) is 35.7 Å². The first-order valence-corrected chi connectivity index (χ1v) is 13.8. The number of carbonyl (C=O) groups is 1. The van der Waals surface area contributed by atoms with Gasteiger partial charge < -0.3 is 19.4 Å². The van der Waals surface area contributed by atoms with Gasteiger partial charge in [-0.15, -0.1) is 0 Å². The van der Waals surface area contributed by atoms with Crippen LogP contribution in [0, 0.1) is 34.5 Å². The molecule has 3 aliphatic carbocycles. The first-order chi connectivity index (χ1) is 17.4. The van der Waals surface area contributed by atoms with Crippen molar-refractivity contribution in [2.24, 2.45) is 34.5 Å². The molecule has 1 aromatic carbocycles. The molecular formula is C30H37N3O3. The van der Waals surface area contributed by atoms with E-state index in [1.54, 1.807) is 0 Å². The summed E-state index contributed by atoms with van der Waals surface area (Å²) < 4.78 is 13.4. The maximum absolute atomic E-state index is 13.7. The van der Waals surface area contributed by atoms with Gasteiger partial charge in [0.1, 0.15) is 5.82 Å². The van der Waals surface area contributed by atoms with E-state index in [0.29, 0.717) is 23.8 Å². The molecule has 190 valence electrons. The Morgan fingerprint density at radius 1 is 1.11 bits per heavy atom. The molecule has 2 aromatic rings. The van der Waals surface area contributed by atoms with Gasteiger partial charge in [0.05, 0.1) is 6.04 Å². The maximum atomic E-state index is 13.7. The second kappa shape index (κ2) is 7.87. The van der Waals surface area contributed by atoms with Crippen LogP contribution in [0.3, 0.4) is 0 Å². The molecule has 1 aromatic heterocycles. The maximum Gasteiger partial charge on any atom is 0.231 e. The number of aromatic nitrogens is 2. The molecule has 2 unspecified atom stereocenters. The summed E-state index contributed by atoms with van der Waals surface area (Å²) in [5.74, 6) is 4.97. The molecule has 0 saturated heterocycles. The average molecular weight is 488 g/mol. The highest BCUT2D eigenvalue weighted by atomic mass is 16.7. The minimum Gasteiger partial charge on any atom is -0.454 e. The van der Waals surface area contributed by atoms with E-state index in [9.17, 15) is 4.79 Å². The van der Waals surface area contributed by atoms with E-state index < -0.39 is 0 Å². The largest absolute Gasteiger partial charge is 0.454 e. The Morgan fingerprint density at radius 2 is 1.97 bits per heavy atom. The Morgan fingerprint density at radius 3 is 2.86 bits per heavy atom. The second-order valence-corrected chi connectivity index (χ2v) is 12.4. The van der Waals surface area contributed by atoms with Crippen LogP contribution in [0.4, 0.5) is 0 Å². The summed E-state index contributed by atoms with van der Waals surface area (Å²) in [5.41, 5.74) is 1.32. The smallest absolute Gasteiger partial charge is 0.231 e. The highest BCUT2D eigenvalue weighted by Crippen LogP contribution is 2.67. The van der Waals surface area contributed by atoms with Gasteiger partial charge in [-0.05, 0) is 92.4 Å². The average Bonchev–Trinajstić information content (AvgIpc) is 3.60. The van der Waals surface area contributed by atoms with E-state index in [4.69, 9.17) is 9.47 Å². The lowest BCUT2D eigenvalue weighted by atomic mass is 9.48. The minimum atomic E-state index is -0.0582. The molecule has 6 heteroatoms. The summed E-state index contributed by atoms with van der Waals surface area (Å²) in [4.78, 5) is 18.3. The van der Waals surface area contributed by atoms with Gasteiger partial charge in [-0.1, -0.05) is 26.0 Å². The van der Waals surface area contributed by atoms with Crippen molar-refractivity contribution < 1.29 is 14.3 Å². The van der Waals surface area contributed by atoms with E-state index in [1.807, 2.05) is 24.4 Å². The minimum absolute atomic E-state index is 0.0582. The summed E-state index contributed by atoms with van der Waals surface area (Å²) in [6, 6.07) is 6.43. The van der Waals surface area contributed by atoms with E-state index in [2.05, 4.69) is 54.0 Å². The molecule has 2 aliphatic heterocycles. The zero-order chi connectivity index (χ0) is 24.7. The number of imidazole rings is 1. The monoisotopic (exact) mass is 487 g/mol. The Hall–Kier alpha value is -2.76. The number of hydrogen-bond donors (Lipinski definition) is 1. The number of amides is 1. The van der Waals surface area contributed by atoms with Crippen molar-refractivity contribution in [3.05, 3.63) is 48.1 Å². The quantitative estimate of drug-likeness (QED) is 0.584. The zero-order valence-corrected chi connectivity index (χ0v) is 21.6. The van der Waals surface area contributed by atoms with Crippen molar-refractivity contribution in [1.29, 1.82) is 0 Å². The molecule has 1 amide bonds. The van der Waals surface area contributed by atoms with Crippen molar-refractivity contribution in [3.63, 3.8) is 0 Å². The molecule has 0 bridgehead atoms. The first-order valence-electron chi connectivity index (χ1n) is 13.8. The van der Waals surface area contributed by atoms with Gasteiger partial charge in [-0.25, -0.2) is 4.98 Å². The standard InChI is InChI=1S/C30H37N3O3/c1-18(19-4-8-24-25(16-19)36-17-35-24)32-28(34)23-7-6-21-20-5-9-26-30(3,22(20)10-12-29(21,23)2)13-11-27-31-14-15-33(26)27/h4,8,11,13-16,18,20-23,26H,5-7,9-10,12,17H2,1-3H3,(H,32,34)/t18?,20-,21-,22-,23+,26?,29-,30+/m0/s1. The molecule has 3 saturated carbocycles. The number of hydrogen-bond acceptors (Lipinski definition) is 4. The summed E-state index contributed by atoms with van der Waals surface area (Å²) in [7, 11) is 0. The molecule has 1 N–H and O–H groups in total. The topological polar surface area (TPSA) is 65.4 Å². The second-order valence-electron chi connectivity index (χ2n) is 12.4. The molecule has 0 spiro atoms. The van der Waals surface area contributed by atoms with Crippen LogP contribution in [0.25, 0.3) is 6.08 Å². The molecule has 8 atom stereocenters. The SMILES string of the molecule is CC(NC(=O)[C@H]1CC[C@H]2[C@@H]3CCC4n5ccnc5C=C[C@]4(C)[C@H]3CC[C@]12C)c1ccc2c(c1)OCO2. The fourth-order valence-electron chi connectivity index (χ4n) is 9.03. The van der Waals surface area contributed by atoms with Crippen LogP contribution < -0.4 is 14.8 Å². The molecule has 6 nitrogen and oxygen atoms in total. The number of allylic oxidation sites excluding steroid dienone is 1. The predicted molar refractivity (Wildman–Crippen MR) is 137 cm³/mol. The van der Waals surface area contributed by atoms with Gasteiger partial charge in [0.25, 0.3) is 0 Å². The summed E-state index contributed by atoms with van der Waals surface area (Å²) in [6.07, 6.45) is 15.8. The third-order valence-corrected chi connectivity index (χ3v) is 10.9. The van der Waals surface area contributed by atoms with Crippen molar-refractivity contribution in [2.45, 2.75) is 71.4 Å². The first kappa shape index (κ1) is 22.4. The van der Waals surface area contributed by atoms with Gasteiger partial charge in [0.2, 0.25) is 12.7 Å². The van der Waals surface area contributed by atoms with Gasteiger partial charge in [0, 0.05) is 29.8 Å². The molecule has 0 radical (unpaired) electrons. The zero-order valence-electron chi connectivity index (χ0n) is 21.6. The number of rotatable bonds is 3. The number of nitrogens with zero attached hydrogens (tertiary/aromatic N) is 2. The van der Waals surface area contributed by atoms with Crippen molar-refractivity contribution in [3.8, 4) is 11.5 Å². The molecule has 3 fully saturated rings. The Balaban J connectivity index is 1.09. The molecule has 36 heavy (non-hydrogen) atoms. The van der Waals surface area contributed by atoms with Crippen LogP contribution in [0.1, 0.15) is 82.8 Å². The number of carbonyl (C=O) groups excluding carboxylic acids is 1. The van der Waals surface area contributed by atoms with Crippen LogP contribution in [0.2, 0.25) is 0 Å². The highest BCUT2D eigenvalue weighted by molar-refractivity contribution is 5.80. The summed E-state index contributed by atoms with van der Waals surface area (Å²) in [5, 5.41) is 3.36. The number of nitrogens with one attached hydrogen (secondary N) is 1. The lowest BCUT2D eigenvalue weighted by molar-refractivity contribution is -0.133. The molecular weight excluding hydrogens is 450 g/mol. The lowest BCUT2D eigenvalue weighted by Gasteiger charge is -2.59. The van der Waals surface area contributed by atoms with Crippen LogP contribution in [-0.4, -0.2) is 22.3 Å². The third kappa shape index (κ3) is 3.08. The van der Waals surface area contributed by atoms with Crippen LogP contribution in [0.15, 0.2) is 36.7 Å². The van der Waals surface area contributed by atoms with Crippen LogP contribution in [0.5, 0.6) is 11.5 Å². The van der Waals surface area contributed by atoms with E-state index in [-0.39, 0.29) is 35.5 Å². The van der Waals surface area contributed by atoms with Gasteiger partial charge in [-0.3, -0.25) is 4.79 Å². The fraction of sp³-hybridized carbons (Fsp3) is 0.600. The Bertz CT molecular complexity index is 1240. The molecule has 3 heterocycles. The van der Waals surface area contributed by atoms with E-state index in [1.165, 1.54) is 25.7 Å².